The number of Topliss-reactive ketones (excluding diaryl/α,β-unsaturated/α-hetero) is 1. The summed E-state index contributed by atoms with van der Waals surface area (Å²) in [6.07, 6.45) is 7.31. The molecule has 1 saturated heterocycles. The number of likely N-dealkylation sites (tertiary alicyclic amines) is 1. The van der Waals surface area contributed by atoms with Crippen LogP contribution in [0.5, 0.6) is 0 Å². The van der Waals surface area contributed by atoms with Gasteiger partial charge in [-0.1, -0.05) is 61.4 Å². The Kier molecular flexibility index (Phi) is 10.5. The molecular weight excluding hydrogens is 523 g/mol. The summed E-state index contributed by atoms with van der Waals surface area (Å²) >= 11 is 0. The Bertz CT molecular complexity index is 1410. The largest absolute Gasteiger partial charge is 1.00 e. The van der Waals surface area contributed by atoms with E-state index in [-0.39, 0.29) is 54.1 Å². The van der Waals surface area contributed by atoms with Crippen LogP contribution < -0.4 is 40.0 Å². The number of carbonyl (C=O) groups excluding carboxylic acids is 3. The number of amides is 1. The second-order valence-corrected chi connectivity index (χ2v) is 12.0. The molecule has 0 aromatic heterocycles. The summed E-state index contributed by atoms with van der Waals surface area (Å²) in [6.45, 7) is 6.07. The van der Waals surface area contributed by atoms with E-state index in [1.54, 1.807) is 0 Å². The molecule has 1 spiro atoms. The molecule has 5 rings (SSSR count). The minimum absolute atomic E-state index is 0. The number of carbonyl (C=O) groups is 3. The van der Waals surface area contributed by atoms with Crippen LogP contribution in [0.15, 0.2) is 54.6 Å². The first-order valence-electron chi connectivity index (χ1n) is 14.6. The third kappa shape index (κ3) is 7.47. The molecule has 1 heterocycles. The Morgan fingerprint density at radius 2 is 1.61 bits per heavy atom. The molecule has 0 bridgehead atoms. The molecule has 1 aliphatic heterocycles. The van der Waals surface area contributed by atoms with Crippen molar-refractivity contribution in [2.75, 3.05) is 25.0 Å². The number of aryl methyl sites for hydroxylation is 2. The van der Waals surface area contributed by atoms with Crippen LogP contribution in [-0.2, 0) is 9.59 Å². The second kappa shape index (κ2) is 13.6. The predicted octanol–water partition coefficient (Wildman–Crippen LogP) is 2.55. The summed E-state index contributed by atoms with van der Waals surface area (Å²) in [6, 6.07) is 17.3. The minimum atomic E-state index is -1.20. The van der Waals surface area contributed by atoms with Crippen LogP contribution in [0.4, 0.5) is 5.69 Å². The number of benzene rings is 3. The molecule has 2 fully saturated rings. The van der Waals surface area contributed by atoms with E-state index in [0.29, 0.717) is 23.2 Å². The van der Waals surface area contributed by atoms with Crippen LogP contribution in [0.25, 0.3) is 10.8 Å². The van der Waals surface area contributed by atoms with Gasteiger partial charge in [0.05, 0.1) is 12.2 Å². The van der Waals surface area contributed by atoms with Gasteiger partial charge in [0.1, 0.15) is 0 Å². The van der Waals surface area contributed by atoms with Crippen molar-refractivity contribution in [2.24, 2.45) is 5.41 Å². The Morgan fingerprint density at radius 3 is 2.32 bits per heavy atom. The van der Waals surface area contributed by atoms with Gasteiger partial charge in [-0.2, -0.15) is 0 Å². The SMILES string of the molecule is Cc1cc(C)c(NC(=O)C[C@H](CC(=O)[O-])c2cccc3ccccc23)c(C(=O)CN2CCC3(CCCC3)CC2)c1.[Na+]. The van der Waals surface area contributed by atoms with Gasteiger partial charge in [0, 0.05) is 18.0 Å². The van der Waals surface area contributed by atoms with Crippen molar-refractivity contribution in [3.05, 3.63) is 76.9 Å². The fourth-order valence-corrected chi connectivity index (χ4v) is 6.97. The van der Waals surface area contributed by atoms with Gasteiger partial charge in [-0.15, -0.1) is 0 Å². The smallest absolute Gasteiger partial charge is 0.550 e. The van der Waals surface area contributed by atoms with Gasteiger partial charge in [-0.3, -0.25) is 14.5 Å². The summed E-state index contributed by atoms with van der Waals surface area (Å²) in [4.78, 5) is 40.9. The molecule has 0 unspecified atom stereocenters. The molecule has 1 N–H and O–H groups in total. The van der Waals surface area contributed by atoms with Gasteiger partial charge < -0.3 is 15.2 Å². The number of piperidine rings is 1. The number of fused-ring (bicyclic) bond motifs is 1. The summed E-state index contributed by atoms with van der Waals surface area (Å²) in [5, 5.41) is 16.6. The number of rotatable bonds is 9. The summed E-state index contributed by atoms with van der Waals surface area (Å²) in [7, 11) is 0. The van der Waals surface area contributed by atoms with Crippen molar-refractivity contribution >= 4 is 34.1 Å². The number of ketones is 1. The van der Waals surface area contributed by atoms with Gasteiger partial charge in [0.2, 0.25) is 5.91 Å². The molecule has 0 radical (unpaired) electrons. The summed E-state index contributed by atoms with van der Waals surface area (Å²) in [5.41, 5.74) is 4.13. The van der Waals surface area contributed by atoms with Crippen molar-refractivity contribution in [3.8, 4) is 0 Å². The molecular formula is C34H39N2NaO4. The Hall–Kier alpha value is -2.51. The molecule has 3 aromatic carbocycles. The molecule has 210 valence electrons. The van der Waals surface area contributed by atoms with Crippen LogP contribution in [0, 0.1) is 19.3 Å². The minimum Gasteiger partial charge on any atom is -0.550 e. The molecule has 41 heavy (non-hydrogen) atoms. The third-order valence-corrected chi connectivity index (χ3v) is 9.10. The predicted molar refractivity (Wildman–Crippen MR) is 156 cm³/mol. The van der Waals surface area contributed by atoms with Gasteiger partial charge in [-0.25, -0.2) is 0 Å². The number of carboxylic acid groups (broad SMARTS) is 1. The van der Waals surface area contributed by atoms with Gasteiger partial charge in [0.15, 0.2) is 5.78 Å². The van der Waals surface area contributed by atoms with E-state index in [1.165, 1.54) is 25.7 Å². The van der Waals surface area contributed by atoms with E-state index in [1.807, 2.05) is 68.4 Å². The molecule has 6 nitrogen and oxygen atoms in total. The topological polar surface area (TPSA) is 89.5 Å². The average molecular weight is 563 g/mol. The maximum atomic E-state index is 13.6. The van der Waals surface area contributed by atoms with Crippen molar-refractivity contribution in [1.82, 2.24) is 4.90 Å². The summed E-state index contributed by atoms with van der Waals surface area (Å²) in [5.74, 6) is -2.07. The molecule has 2 aliphatic rings. The van der Waals surface area contributed by atoms with Crippen LogP contribution in [0.3, 0.4) is 0 Å². The van der Waals surface area contributed by atoms with Crippen LogP contribution >= 0.6 is 0 Å². The Morgan fingerprint density at radius 1 is 0.927 bits per heavy atom. The zero-order valence-corrected chi connectivity index (χ0v) is 26.6. The van der Waals surface area contributed by atoms with E-state index in [2.05, 4.69) is 10.2 Å². The van der Waals surface area contributed by atoms with E-state index in [9.17, 15) is 19.5 Å². The first kappa shape index (κ1) is 31.4. The van der Waals surface area contributed by atoms with E-state index >= 15 is 0 Å². The molecule has 1 saturated carbocycles. The monoisotopic (exact) mass is 562 g/mol. The van der Waals surface area contributed by atoms with E-state index in [0.717, 1.165) is 53.4 Å². The normalized spacial score (nSPS) is 17.2. The summed E-state index contributed by atoms with van der Waals surface area (Å²) < 4.78 is 0. The maximum Gasteiger partial charge on any atom is 1.00 e. The van der Waals surface area contributed by atoms with Crippen molar-refractivity contribution in [1.29, 1.82) is 0 Å². The molecule has 1 atom stereocenters. The number of anilines is 1. The number of carboxylic acids is 1. The first-order valence-corrected chi connectivity index (χ1v) is 14.6. The Labute approximate surface area is 265 Å². The number of hydrogen-bond acceptors (Lipinski definition) is 5. The van der Waals surface area contributed by atoms with Crippen molar-refractivity contribution in [2.45, 2.75) is 71.1 Å². The van der Waals surface area contributed by atoms with E-state index in [4.69, 9.17) is 0 Å². The molecule has 3 aromatic rings. The number of hydrogen-bond donors (Lipinski definition) is 1. The third-order valence-electron chi connectivity index (χ3n) is 9.10. The van der Waals surface area contributed by atoms with Crippen molar-refractivity contribution in [3.63, 3.8) is 0 Å². The van der Waals surface area contributed by atoms with Gasteiger partial charge >= 0.3 is 29.6 Å². The Balaban J connectivity index is 0.00000387. The van der Waals surface area contributed by atoms with Crippen LogP contribution in [0.2, 0.25) is 0 Å². The maximum absolute atomic E-state index is 13.6. The van der Waals surface area contributed by atoms with Crippen LogP contribution in [-0.4, -0.2) is 42.2 Å². The fourth-order valence-electron chi connectivity index (χ4n) is 6.97. The van der Waals surface area contributed by atoms with Crippen LogP contribution in [0.1, 0.15) is 84.3 Å². The molecule has 1 amide bonds. The quantitative estimate of drug-likeness (QED) is 0.320. The fraction of sp³-hybridized carbons (Fsp3) is 0.441. The van der Waals surface area contributed by atoms with Gasteiger partial charge in [0.25, 0.3) is 0 Å². The van der Waals surface area contributed by atoms with Crippen molar-refractivity contribution < 1.29 is 49.0 Å². The zero-order chi connectivity index (χ0) is 28.3. The second-order valence-electron chi connectivity index (χ2n) is 12.0. The zero-order valence-electron chi connectivity index (χ0n) is 24.6. The number of nitrogens with zero attached hydrogens (tertiary/aromatic N) is 1. The van der Waals surface area contributed by atoms with Gasteiger partial charge in [-0.05, 0) is 104 Å². The number of aliphatic carboxylic acids is 1. The molecule has 7 heteroatoms. The first-order chi connectivity index (χ1) is 19.2. The number of nitrogens with one attached hydrogen (secondary N) is 1. The average Bonchev–Trinajstić information content (AvgIpc) is 3.38. The standard InChI is InChI=1S/C34H40N2O4.Na/c1-23-18-24(2)33(29(19-23)30(37)22-36-16-14-34(15-17-36)12-5-6-13-34)35-31(38)20-26(21-32(39)40)28-11-7-9-25-8-3-4-10-27(25)28;/h3-4,7-11,18-19,26H,5-6,12-17,20-22H2,1-2H3,(H,35,38)(H,39,40);/q;+1/p-1/t26-;/m1./s1. The van der Waals surface area contributed by atoms with E-state index < -0.39 is 11.9 Å². The molecule has 1 aliphatic carbocycles.